The van der Waals surface area contributed by atoms with Gasteiger partial charge in [0, 0.05) is 29.8 Å². The van der Waals surface area contributed by atoms with Gasteiger partial charge in [0.2, 0.25) is 5.91 Å². The molecule has 0 saturated carbocycles. The Hall–Kier alpha value is -6.04. The number of aldehydes is 1. The van der Waals surface area contributed by atoms with Crippen LogP contribution in [0.5, 0.6) is 23.0 Å². The first-order chi connectivity index (χ1) is 35.0. The van der Waals surface area contributed by atoms with Gasteiger partial charge in [0.1, 0.15) is 59.3 Å². The van der Waals surface area contributed by atoms with Crippen LogP contribution in [0.15, 0.2) is 97.5 Å². The number of hydrogen-bond donors (Lipinski definition) is 8. The van der Waals surface area contributed by atoms with Crippen LogP contribution in [-0.4, -0.2) is 124 Å². The van der Waals surface area contributed by atoms with Crippen molar-refractivity contribution < 1.29 is 67.1 Å². The number of benzene rings is 4. The fourth-order valence-electron chi connectivity index (χ4n) is 5.03. The van der Waals surface area contributed by atoms with E-state index in [4.69, 9.17) is 22.4 Å². The average molecular weight is 1150 g/mol. The zero-order valence-corrected chi connectivity index (χ0v) is 44.8. The van der Waals surface area contributed by atoms with Crippen molar-refractivity contribution >= 4 is 150 Å². The van der Waals surface area contributed by atoms with Crippen LogP contribution in [0.1, 0.15) is 34.0 Å². The smallest absolute Gasteiger partial charge is 0.285 e. The molecule has 8 rings (SSSR count). The van der Waals surface area contributed by atoms with Gasteiger partial charge < -0.3 is 46.4 Å². The van der Waals surface area contributed by atoms with Crippen molar-refractivity contribution in [3.63, 3.8) is 0 Å². The number of thiocarbonyl (C=S) groups is 2. The lowest BCUT2D eigenvalue weighted by atomic mass is 10.2. The van der Waals surface area contributed by atoms with E-state index >= 15 is 0 Å². The van der Waals surface area contributed by atoms with Gasteiger partial charge in [-0.25, -0.2) is 17.6 Å². The molecule has 4 aliphatic heterocycles. The molecule has 3 saturated heterocycles. The van der Waals surface area contributed by atoms with Gasteiger partial charge in [-0.2, -0.15) is 4.99 Å². The predicted molar refractivity (Wildman–Crippen MR) is 296 cm³/mol. The number of aliphatic hydroxyl groups is 1. The van der Waals surface area contributed by atoms with E-state index < -0.39 is 23.3 Å². The molecular formula is C47H44F4N6O10S7. The first-order valence-corrected chi connectivity index (χ1v) is 26.2. The number of carbonyl (C=O) groups is 5. The largest absolute Gasteiger partial charge is 0.507 e. The summed E-state index contributed by atoms with van der Waals surface area (Å²) in [7, 11) is 3.89. The van der Waals surface area contributed by atoms with Crippen molar-refractivity contribution in [3.8, 4) is 23.0 Å². The minimum Gasteiger partial charge on any atom is -0.507 e. The standard InChI is InChI=1S/C14H16FN3O2S.C11H8FNO2S2.C10H6FNO2S2.C7H5FO2.C3H3NOS2.C2H6O/c1-18(2)6-5-16-14-17-13(20)12(21-14)8-9-7-10(15)3-4-11(9)19;1-16-11-13-10(15)9(17-11)5-6-4-7(12)2-3-8(6)14;11-6-1-2-7(13)5(3-6)4-8-9(14)12-10(15)16-8;8-6-1-2-7(10)5(3-6)4-9;5-2-1-7-3(6)4-2;1-2-3/h3-4,7-8,19H,5-6H2,1-2H3,(H,16,17,20);2-5,14H,1H3;1-4,13H,(H,12,14,15);1-4,10H;1H2,(H,4,5,6);3H,2H2,1H3/b12-8-;9-5-;8-4-;;;. The summed E-state index contributed by atoms with van der Waals surface area (Å²) in [5.41, 5.74) is 0.767. The fraction of sp³-hybridized carbons (Fsp3) is 0.170. The number of likely N-dealkylation sites (N-methyl/N-ethyl adjacent to an activating group) is 1. The van der Waals surface area contributed by atoms with Gasteiger partial charge >= 0.3 is 0 Å². The summed E-state index contributed by atoms with van der Waals surface area (Å²) < 4.78 is 52.9. The molecule has 4 aliphatic rings. The molecule has 27 heteroatoms. The van der Waals surface area contributed by atoms with Crippen molar-refractivity contribution in [2.75, 3.05) is 45.8 Å². The number of nitrogens with one attached hydrogen (secondary N) is 3. The van der Waals surface area contributed by atoms with Crippen molar-refractivity contribution in [2.24, 2.45) is 9.98 Å². The number of carbonyl (C=O) groups excluding carboxylic acids is 5. The van der Waals surface area contributed by atoms with Crippen LogP contribution in [0.4, 0.5) is 17.6 Å². The van der Waals surface area contributed by atoms with Gasteiger partial charge in [-0.3, -0.25) is 29.0 Å². The van der Waals surface area contributed by atoms with Crippen LogP contribution in [0.25, 0.3) is 18.2 Å². The van der Waals surface area contributed by atoms with Gasteiger partial charge in [0.15, 0.2) is 11.5 Å². The Labute approximate surface area is 453 Å². The van der Waals surface area contributed by atoms with Gasteiger partial charge in [0.05, 0.1) is 32.6 Å². The highest BCUT2D eigenvalue weighted by molar-refractivity contribution is 8.41. The van der Waals surface area contributed by atoms with Crippen LogP contribution in [-0.2, 0) is 19.2 Å². The molecule has 3 fully saturated rings. The van der Waals surface area contributed by atoms with Crippen LogP contribution in [0.2, 0.25) is 0 Å². The van der Waals surface area contributed by atoms with Crippen LogP contribution >= 0.6 is 83.2 Å². The third-order valence-corrected chi connectivity index (χ3v) is 13.7. The molecular weight excluding hydrogens is 1110 g/mol. The second-order valence-corrected chi connectivity index (χ2v) is 20.8. The Morgan fingerprint density at radius 3 is 1.46 bits per heavy atom. The Morgan fingerprint density at radius 1 is 0.676 bits per heavy atom. The zero-order chi connectivity index (χ0) is 55.1. The molecule has 0 unspecified atom stereocenters. The number of halogens is 4. The van der Waals surface area contributed by atoms with Crippen LogP contribution in [0.3, 0.4) is 0 Å². The maximum absolute atomic E-state index is 13.2. The number of amides is 4. The highest BCUT2D eigenvalue weighted by Crippen LogP contribution is 2.35. The molecule has 4 aromatic rings. The molecule has 4 aromatic carbocycles. The van der Waals surface area contributed by atoms with E-state index in [0.29, 0.717) is 51.5 Å². The number of aliphatic imine (C=N–C) groups is 2. The molecule has 0 radical (unpaired) electrons. The second kappa shape index (κ2) is 31.6. The van der Waals surface area contributed by atoms with Gasteiger partial charge in [-0.1, -0.05) is 59.7 Å². The van der Waals surface area contributed by atoms with Crippen molar-refractivity contribution in [2.45, 2.75) is 6.92 Å². The van der Waals surface area contributed by atoms with Crippen molar-refractivity contribution in [1.82, 2.24) is 20.9 Å². The van der Waals surface area contributed by atoms with E-state index in [2.05, 4.69) is 38.2 Å². The highest BCUT2D eigenvalue weighted by Gasteiger charge is 2.25. The van der Waals surface area contributed by atoms with E-state index in [1.165, 1.54) is 95.6 Å². The summed E-state index contributed by atoms with van der Waals surface area (Å²) >= 11 is 15.7. The van der Waals surface area contributed by atoms with Gasteiger partial charge in [0.25, 0.3) is 17.7 Å². The minimum atomic E-state index is -0.528. The molecule has 0 atom stereocenters. The summed E-state index contributed by atoms with van der Waals surface area (Å²) in [5.74, 6) is -2.83. The van der Waals surface area contributed by atoms with Crippen molar-refractivity contribution in [3.05, 3.63) is 133 Å². The molecule has 0 aromatic heterocycles. The molecule has 16 nitrogen and oxygen atoms in total. The third-order valence-electron chi connectivity index (χ3n) is 8.39. The Bertz CT molecular complexity index is 2910. The quantitative estimate of drug-likeness (QED) is 0.0378. The molecule has 4 amide bonds. The number of phenolic OH excluding ortho intramolecular Hbond substituents is 4. The first-order valence-electron chi connectivity index (χ1n) is 20.7. The first kappa shape index (κ1) is 62.3. The number of rotatable bonds is 7. The molecule has 0 aliphatic carbocycles. The molecule has 8 N–H and O–H groups in total. The molecule has 74 heavy (non-hydrogen) atoms. The minimum absolute atomic E-state index is 0.0231. The van der Waals surface area contributed by atoms with E-state index in [-0.39, 0.29) is 75.5 Å². The lowest BCUT2D eigenvalue weighted by molar-refractivity contribution is -0.117. The summed E-state index contributed by atoms with van der Waals surface area (Å²) in [6.07, 6.45) is 6.52. The number of phenols is 4. The number of nitrogens with zero attached hydrogens (tertiary/aromatic N) is 3. The maximum atomic E-state index is 13.2. The number of hydrogen-bond acceptors (Lipinski definition) is 19. The van der Waals surface area contributed by atoms with E-state index in [9.17, 15) is 56.9 Å². The lowest BCUT2D eigenvalue weighted by Crippen LogP contribution is -2.21. The van der Waals surface area contributed by atoms with E-state index in [1.807, 2.05) is 25.3 Å². The summed E-state index contributed by atoms with van der Waals surface area (Å²) in [4.78, 5) is 66.1. The Balaban J connectivity index is 0.000000249. The Morgan fingerprint density at radius 2 is 1.11 bits per heavy atom. The number of aliphatic hydroxyl groups excluding tert-OH is 1. The number of amidine groups is 1. The summed E-state index contributed by atoms with van der Waals surface area (Å²) in [5, 5.41) is 53.1. The normalized spacial score (nSPS) is 16.6. The predicted octanol–water partition coefficient (Wildman–Crippen LogP) is 8.01. The topological polar surface area (TPSA) is 251 Å². The van der Waals surface area contributed by atoms with Gasteiger partial charge in [-0.05, 0) is 130 Å². The summed E-state index contributed by atoms with van der Waals surface area (Å²) in [6.45, 7) is 3.29. The average Bonchev–Trinajstić information content (AvgIpc) is 4.10. The molecule has 4 heterocycles. The third kappa shape index (κ3) is 21.8. The monoisotopic (exact) mass is 1150 g/mol. The van der Waals surface area contributed by atoms with E-state index in [1.54, 1.807) is 6.92 Å². The SMILES string of the molecule is CCO.CN(C)CCN=C1NC(=O)/C(=C/c2cc(F)ccc2O)S1.CSC1=NC(=O)/C(=C/c2cc(F)ccc2O)S1.O=C1CSC(=S)N1.O=C1NC(=S)S/C1=C\c1cc(F)ccc1O.O=Cc1cc(F)ccc1O. The number of aromatic hydroxyl groups is 4. The highest BCUT2D eigenvalue weighted by atomic mass is 32.2. The van der Waals surface area contributed by atoms with Gasteiger partial charge in [-0.15, -0.1) is 11.8 Å². The maximum Gasteiger partial charge on any atom is 0.285 e. The van der Waals surface area contributed by atoms with Crippen molar-refractivity contribution in [1.29, 1.82) is 0 Å². The summed E-state index contributed by atoms with van der Waals surface area (Å²) in [6, 6.07) is 13.9. The fourth-order valence-corrected chi connectivity index (χ4v) is 9.13. The second-order valence-electron chi connectivity index (χ2n) is 14.3. The molecule has 392 valence electrons. The molecule has 0 bridgehead atoms. The molecule has 0 spiro atoms. The van der Waals surface area contributed by atoms with Crippen LogP contribution < -0.4 is 16.0 Å². The lowest BCUT2D eigenvalue weighted by Gasteiger charge is -2.05. The van der Waals surface area contributed by atoms with Crippen LogP contribution in [0, 0.1) is 23.3 Å². The zero-order valence-electron chi connectivity index (χ0n) is 39.1. The van der Waals surface area contributed by atoms with E-state index in [0.717, 1.165) is 60.8 Å². The Kier molecular flexibility index (Phi) is 26.6. The number of thioether (sulfide) groups is 5.